The molecular formula is C19H19ClN2O2. The second-order valence-electron chi connectivity index (χ2n) is 5.43. The minimum Gasteiger partial charge on any atom is -0.481 e. The highest BCUT2D eigenvalue weighted by atomic mass is 35.5. The van der Waals surface area contributed by atoms with Gasteiger partial charge in [0, 0.05) is 12.2 Å². The third-order valence-corrected chi connectivity index (χ3v) is 3.96. The zero-order chi connectivity index (χ0) is 17.7. The van der Waals surface area contributed by atoms with Gasteiger partial charge >= 0.3 is 0 Å². The SMILES string of the molecule is CCN(C(=O)C(C)Oc1ccc(C)cc1)c1ccc(C#N)c(Cl)c1. The number of benzene rings is 2. The number of hydrogen-bond donors (Lipinski definition) is 0. The molecule has 0 radical (unpaired) electrons. The van der Waals surface area contributed by atoms with E-state index in [0.717, 1.165) is 5.56 Å². The Morgan fingerprint density at radius 1 is 1.29 bits per heavy atom. The topological polar surface area (TPSA) is 53.3 Å². The Hall–Kier alpha value is -2.51. The maximum Gasteiger partial charge on any atom is 0.267 e. The van der Waals surface area contributed by atoms with Crippen molar-refractivity contribution in [2.75, 3.05) is 11.4 Å². The predicted octanol–water partition coefficient (Wildman–Crippen LogP) is 4.34. The van der Waals surface area contributed by atoms with E-state index < -0.39 is 6.10 Å². The number of aryl methyl sites for hydroxylation is 1. The smallest absolute Gasteiger partial charge is 0.267 e. The Labute approximate surface area is 147 Å². The van der Waals surface area contributed by atoms with Crippen molar-refractivity contribution in [2.45, 2.75) is 26.9 Å². The number of nitriles is 1. The van der Waals surface area contributed by atoms with Gasteiger partial charge in [-0.05, 0) is 51.1 Å². The molecule has 0 saturated heterocycles. The molecule has 1 amide bonds. The monoisotopic (exact) mass is 342 g/mol. The summed E-state index contributed by atoms with van der Waals surface area (Å²) in [6.45, 7) is 6.06. The van der Waals surface area contributed by atoms with Crippen molar-refractivity contribution in [3.05, 3.63) is 58.6 Å². The lowest BCUT2D eigenvalue weighted by Gasteiger charge is -2.25. The van der Waals surface area contributed by atoms with E-state index in [1.807, 2.05) is 44.2 Å². The number of carbonyl (C=O) groups is 1. The van der Waals surface area contributed by atoms with Crippen molar-refractivity contribution in [1.82, 2.24) is 0 Å². The zero-order valence-electron chi connectivity index (χ0n) is 13.9. The molecule has 0 saturated carbocycles. The number of ether oxygens (including phenoxy) is 1. The lowest BCUT2D eigenvalue weighted by molar-refractivity contribution is -0.124. The summed E-state index contributed by atoms with van der Waals surface area (Å²) in [5, 5.41) is 9.28. The van der Waals surface area contributed by atoms with Crippen LogP contribution >= 0.6 is 11.6 Å². The predicted molar refractivity (Wildman–Crippen MR) is 95.5 cm³/mol. The first-order valence-electron chi connectivity index (χ1n) is 7.70. The first-order chi connectivity index (χ1) is 11.5. The Balaban J connectivity index is 2.17. The van der Waals surface area contributed by atoms with Gasteiger partial charge in [0.25, 0.3) is 5.91 Å². The van der Waals surface area contributed by atoms with Crippen LogP contribution in [0.3, 0.4) is 0 Å². The second-order valence-corrected chi connectivity index (χ2v) is 5.84. The summed E-state index contributed by atoms with van der Waals surface area (Å²) in [7, 11) is 0. The van der Waals surface area contributed by atoms with Crippen LogP contribution in [0.5, 0.6) is 5.75 Å². The molecule has 24 heavy (non-hydrogen) atoms. The average molecular weight is 343 g/mol. The standard InChI is InChI=1S/C19H19ClN2O2/c1-4-22(16-8-7-15(12-21)18(20)11-16)19(23)14(3)24-17-9-5-13(2)6-10-17/h5-11,14H,4H2,1-3H3. The third-order valence-electron chi connectivity index (χ3n) is 3.65. The number of anilines is 1. The van der Waals surface area contributed by atoms with Crippen molar-refractivity contribution in [2.24, 2.45) is 0 Å². The van der Waals surface area contributed by atoms with Gasteiger partial charge in [-0.3, -0.25) is 4.79 Å². The van der Waals surface area contributed by atoms with Crippen LogP contribution < -0.4 is 9.64 Å². The molecule has 0 spiro atoms. The van der Waals surface area contributed by atoms with Gasteiger partial charge < -0.3 is 9.64 Å². The number of nitrogens with zero attached hydrogens (tertiary/aromatic N) is 2. The number of carbonyl (C=O) groups excluding carboxylic acids is 1. The summed E-state index contributed by atoms with van der Waals surface area (Å²) in [6.07, 6.45) is -0.637. The van der Waals surface area contributed by atoms with Gasteiger partial charge in [0.15, 0.2) is 6.10 Å². The van der Waals surface area contributed by atoms with Crippen molar-refractivity contribution in [3.63, 3.8) is 0 Å². The van der Waals surface area contributed by atoms with E-state index in [2.05, 4.69) is 0 Å². The number of amides is 1. The lowest BCUT2D eigenvalue weighted by atomic mass is 10.2. The van der Waals surface area contributed by atoms with Crippen LogP contribution in [0.25, 0.3) is 0 Å². The molecule has 5 heteroatoms. The largest absolute Gasteiger partial charge is 0.481 e. The summed E-state index contributed by atoms with van der Waals surface area (Å²) < 4.78 is 5.73. The summed E-state index contributed by atoms with van der Waals surface area (Å²) in [5.41, 5.74) is 2.16. The van der Waals surface area contributed by atoms with E-state index in [0.29, 0.717) is 28.6 Å². The van der Waals surface area contributed by atoms with E-state index in [1.54, 1.807) is 30.0 Å². The molecule has 0 fully saturated rings. The highest BCUT2D eigenvalue weighted by Gasteiger charge is 2.23. The molecule has 4 nitrogen and oxygen atoms in total. The van der Waals surface area contributed by atoms with Crippen molar-refractivity contribution in [3.8, 4) is 11.8 Å². The molecule has 0 aromatic heterocycles. The van der Waals surface area contributed by atoms with E-state index >= 15 is 0 Å². The molecule has 1 unspecified atom stereocenters. The summed E-state index contributed by atoms with van der Waals surface area (Å²) >= 11 is 6.07. The Kier molecular flexibility index (Phi) is 5.83. The van der Waals surface area contributed by atoms with Crippen molar-refractivity contribution in [1.29, 1.82) is 5.26 Å². The molecule has 0 aliphatic carbocycles. The van der Waals surface area contributed by atoms with E-state index in [-0.39, 0.29) is 5.91 Å². The van der Waals surface area contributed by atoms with Crippen LogP contribution in [-0.2, 0) is 4.79 Å². The van der Waals surface area contributed by atoms with Gasteiger partial charge in [-0.2, -0.15) is 5.26 Å². The maximum absolute atomic E-state index is 12.7. The maximum atomic E-state index is 12.7. The van der Waals surface area contributed by atoms with Gasteiger partial charge in [0.05, 0.1) is 10.6 Å². The molecular weight excluding hydrogens is 324 g/mol. The summed E-state index contributed by atoms with van der Waals surface area (Å²) in [5.74, 6) is 0.481. The van der Waals surface area contributed by atoms with Gasteiger partial charge in [-0.1, -0.05) is 29.3 Å². The van der Waals surface area contributed by atoms with Crippen molar-refractivity contribution < 1.29 is 9.53 Å². The molecule has 0 bridgehead atoms. The van der Waals surface area contributed by atoms with Gasteiger partial charge in [0.2, 0.25) is 0 Å². The number of likely N-dealkylation sites (N-methyl/N-ethyl adjacent to an activating group) is 1. The molecule has 0 N–H and O–H groups in total. The zero-order valence-corrected chi connectivity index (χ0v) is 14.7. The first kappa shape index (κ1) is 17.8. The molecule has 2 rings (SSSR count). The normalized spacial score (nSPS) is 11.5. The van der Waals surface area contributed by atoms with E-state index in [9.17, 15) is 4.79 Å². The highest BCUT2D eigenvalue weighted by molar-refractivity contribution is 6.32. The molecule has 0 aliphatic heterocycles. The Morgan fingerprint density at radius 2 is 1.96 bits per heavy atom. The molecule has 2 aromatic carbocycles. The quantitative estimate of drug-likeness (QED) is 0.812. The fourth-order valence-corrected chi connectivity index (χ4v) is 2.54. The minimum absolute atomic E-state index is 0.168. The van der Waals surface area contributed by atoms with Crippen LogP contribution in [0.4, 0.5) is 5.69 Å². The van der Waals surface area contributed by atoms with Crippen LogP contribution in [-0.4, -0.2) is 18.6 Å². The van der Waals surface area contributed by atoms with Crippen LogP contribution in [0.2, 0.25) is 5.02 Å². The third kappa shape index (κ3) is 4.06. The van der Waals surface area contributed by atoms with Gasteiger partial charge in [0.1, 0.15) is 11.8 Å². The van der Waals surface area contributed by atoms with E-state index in [1.165, 1.54) is 0 Å². The number of rotatable bonds is 5. The average Bonchev–Trinajstić information content (AvgIpc) is 2.57. The lowest BCUT2D eigenvalue weighted by Crippen LogP contribution is -2.40. The highest BCUT2D eigenvalue weighted by Crippen LogP contribution is 2.24. The van der Waals surface area contributed by atoms with Gasteiger partial charge in [-0.15, -0.1) is 0 Å². The van der Waals surface area contributed by atoms with E-state index in [4.69, 9.17) is 21.6 Å². The van der Waals surface area contributed by atoms with Crippen LogP contribution in [0.15, 0.2) is 42.5 Å². The first-order valence-corrected chi connectivity index (χ1v) is 8.08. The Bertz CT molecular complexity index is 766. The molecule has 2 aromatic rings. The fraction of sp³-hybridized carbons (Fsp3) is 0.263. The number of hydrogen-bond acceptors (Lipinski definition) is 3. The van der Waals surface area contributed by atoms with Crippen molar-refractivity contribution >= 4 is 23.2 Å². The molecule has 1 atom stereocenters. The molecule has 124 valence electrons. The Morgan fingerprint density at radius 3 is 2.50 bits per heavy atom. The van der Waals surface area contributed by atoms with Crippen LogP contribution in [0.1, 0.15) is 25.0 Å². The molecule has 0 aliphatic rings. The molecule has 0 heterocycles. The van der Waals surface area contributed by atoms with Crippen LogP contribution in [0, 0.1) is 18.3 Å². The fourth-order valence-electron chi connectivity index (χ4n) is 2.32. The summed E-state index contributed by atoms with van der Waals surface area (Å²) in [6, 6.07) is 14.5. The minimum atomic E-state index is -0.637. The number of halogens is 1. The summed E-state index contributed by atoms with van der Waals surface area (Å²) in [4.78, 5) is 14.3. The second kappa shape index (κ2) is 7.85. The van der Waals surface area contributed by atoms with Gasteiger partial charge in [-0.25, -0.2) is 0 Å².